The molecule has 2 aromatic carbocycles. The molecule has 0 N–H and O–H groups in total. The zero-order chi connectivity index (χ0) is 20.6. The summed E-state index contributed by atoms with van der Waals surface area (Å²) in [5.74, 6) is 0.240. The molecular weight excluding hydrogens is 421 g/mol. The van der Waals surface area contributed by atoms with Crippen molar-refractivity contribution in [3.05, 3.63) is 73.2 Å². The van der Waals surface area contributed by atoms with E-state index in [1.54, 1.807) is 42.3 Å². The Hall–Kier alpha value is -2.08. The molecule has 0 radical (unpaired) electrons. The Labute approximate surface area is 177 Å². The zero-order valence-corrected chi connectivity index (χ0v) is 17.8. The molecule has 146 valence electrons. The van der Waals surface area contributed by atoms with Gasteiger partial charge in [-0.3, -0.25) is 14.2 Å². The van der Waals surface area contributed by atoms with Crippen LogP contribution in [0.2, 0.25) is 15.1 Å². The van der Waals surface area contributed by atoms with E-state index in [1.165, 1.54) is 10.6 Å². The Morgan fingerprint density at radius 2 is 1.86 bits per heavy atom. The Morgan fingerprint density at radius 3 is 2.50 bits per heavy atom. The summed E-state index contributed by atoms with van der Waals surface area (Å²) in [5, 5.41) is 1.65. The van der Waals surface area contributed by atoms with Crippen molar-refractivity contribution in [2.75, 3.05) is 6.54 Å². The van der Waals surface area contributed by atoms with Crippen LogP contribution in [0, 0.1) is 0 Å². The summed E-state index contributed by atoms with van der Waals surface area (Å²) in [5.41, 5.74) is 0.717. The average molecular weight is 439 g/mol. The molecular formula is C20H18Cl3N3O2. The molecule has 0 saturated carbocycles. The van der Waals surface area contributed by atoms with Gasteiger partial charge in [0.25, 0.3) is 11.5 Å². The van der Waals surface area contributed by atoms with E-state index < -0.39 is 6.04 Å². The number of carbonyl (C=O) groups excluding carboxylic acids is 1. The van der Waals surface area contributed by atoms with Crippen molar-refractivity contribution in [3.8, 4) is 0 Å². The van der Waals surface area contributed by atoms with Gasteiger partial charge in [-0.2, -0.15) is 0 Å². The van der Waals surface area contributed by atoms with Gasteiger partial charge < -0.3 is 4.90 Å². The van der Waals surface area contributed by atoms with Gasteiger partial charge in [0, 0.05) is 24.2 Å². The van der Waals surface area contributed by atoms with Crippen molar-refractivity contribution in [1.82, 2.24) is 14.5 Å². The summed E-state index contributed by atoms with van der Waals surface area (Å²) < 4.78 is 1.46. The predicted molar refractivity (Wildman–Crippen MR) is 114 cm³/mol. The van der Waals surface area contributed by atoms with Gasteiger partial charge in [0.1, 0.15) is 5.82 Å². The first-order chi connectivity index (χ1) is 13.2. The fraction of sp³-hybridized carbons (Fsp3) is 0.250. The number of hydrogen-bond donors (Lipinski definition) is 0. The van der Waals surface area contributed by atoms with Gasteiger partial charge in [0.15, 0.2) is 0 Å². The van der Waals surface area contributed by atoms with Crippen LogP contribution in [0.1, 0.15) is 36.1 Å². The molecule has 0 aliphatic heterocycles. The fourth-order valence-corrected chi connectivity index (χ4v) is 3.63. The Morgan fingerprint density at radius 1 is 1.14 bits per heavy atom. The lowest BCUT2D eigenvalue weighted by molar-refractivity contribution is 0.0692. The Kier molecular flexibility index (Phi) is 5.98. The van der Waals surface area contributed by atoms with Gasteiger partial charge in [-0.15, -0.1) is 0 Å². The molecule has 1 atom stereocenters. The maximum absolute atomic E-state index is 13.1. The van der Waals surface area contributed by atoms with Gasteiger partial charge in [0.2, 0.25) is 0 Å². The molecule has 1 amide bonds. The zero-order valence-electron chi connectivity index (χ0n) is 15.5. The van der Waals surface area contributed by atoms with Gasteiger partial charge in [0.05, 0.1) is 27.0 Å². The topological polar surface area (TPSA) is 55.2 Å². The summed E-state index contributed by atoms with van der Waals surface area (Å²) in [6.45, 7) is 4.11. The van der Waals surface area contributed by atoms with Crippen LogP contribution in [0.3, 0.4) is 0 Å². The summed E-state index contributed by atoms with van der Waals surface area (Å²) >= 11 is 18.1. The number of benzene rings is 2. The van der Waals surface area contributed by atoms with Crippen molar-refractivity contribution in [2.24, 2.45) is 7.05 Å². The van der Waals surface area contributed by atoms with Crippen molar-refractivity contribution in [2.45, 2.75) is 19.9 Å². The van der Waals surface area contributed by atoms with Crippen LogP contribution in [0.25, 0.3) is 10.9 Å². The third-order valence-corrected chi connectivity index (χ3v) is 5.66. The van der Waals surface area contributed by atoms with Crippen molar-refractivity contribution in [3.63, 3.8) is 0 Å². The third kappa shape index (κ3) is 3.75. The third-order valence-electron chi connectivity index (χ3n) is 4.68. The van der Waals surface area contributed by atoms with E-state index in [0.29, 0.717) is 43.9 Å². The molecule has 0 saturated heterocycles. The lowest BCUT2D eigenvalue weighted by Gasteiger charge is -2.29. The van der Waals surface area contributed by atoms with Gasteiger partial charge >= 0.3 is 0 Å². The predicted octanol–water partition coefficient (Wildman–Crippen LogP) is 5.12. The van der Waals surface area contributed by atoms with Crippen LogP contribution >= 0.6 is 34.8 Å². The van der Waals surface area contributed by atoms with Crippen molar-refractivity contribution >= 4 is 51.6 Å². The van der Waals surface area contributed by atoms with Crippen LogP contribution in [0.5, 0.6) is 0 Å². The first-order valence-corrected chi connectivity index (χ1v) is 9.80. The van der Waals surface area contributed by atoms with E-state index in [4.69, 9.17) is 34.8 Å². The molecule has 1 heterocycles. The molecule has 0 spiro atoms. The number of rotatable bonds is 4. The average Bonchev–Trinajstić information content (AvgIpc) is 2.67. The number of aromatic nitrogens is 2. The van der Waals surface area contributed by atoms with Gasteiger partial charge in [-0.25, -0.2) is 4.98 Å². The summed E-state index contributed by atoms with van der Waals surface area (Å²) in [6.07, 6.45) is 0. The van der Waals surface area contributed by atoms with E-state index in [0.717, 1.165) is 0 Å². The molecule has 0 fully saturated rings. The molecule has 0 aliphatic carbocycles. The number of halogens is 3. The molecule has 3 rings (SSSR count). The van der Waals surface area contributed by atoms with Gasteiger partial charge in [-0.1, -0.05) is 34.8 Å². The molecule has 28 heavy (non-hydrogen) atoms. The summed E-state index contributed by atoms with van der Waals surface area (Å²) in [4.78, 5) is 32.0. The maximum atomic E-state index is 13.1. The van der Waals surface area contributed by atoms with E-state index >= 15 is 0 Å². The van der Waals surface area contributed by atoms with Crippen molar-refractivity contribution in [1.29, 1.82) is 0 Å². The van der Waals surface area contributed by atoms with Crippen molar-refractivity contribution < 1.29 is 4.79 Å². The van der Waals surface area contributed by atoms with E-state index in [2.05, 4.69) is 4.98 Å². The normalized spacial score (nSPS) is 12.2. The smallest absolute Gasteiger partial charge is 0.261 e. The number of fused-ring (bicyclic) bond motifs is 1. The molecule has 1 unspecified atom stereocenters. The monoisotopic (exact) mass is 437 g/mol. The minimum Gasteiger partial charge on any atom is -0.329 e. The van der Waals surface area contributed by atoms with Crippen LogP contribution in [0.4, 0.5) is 0 Å². The number of carbonyl (C=O) groups is 1. The molecule has 0 bridgehead atoms. The first kappa shape index (κ1) is 20.6. The van der Waals surface area contributed by atoms with Gasteiger partial charge in [-0.05, 0) is 50.2 Å². The maximum Gasteiger partial charge on any atom is 0.261 e. The minimum absolute atomic E-state index is 0.193. The molecule has 0 aliphatic rings. The van der Waals surface area contributed by atoms with Crippen LogP contribution < -0.4 is 5.56 Å². The van der Waals surface area contributed by atoms with Crippen LogP contribution in [0.15, 0.2) is 41.2 Å². The highest BCUT2D eigenvalue weighted by Crippen LogP contribution is 2.26. The van der Waals surface area contributed by atoms with E-state index in [-0.39, 0.29) is 11.5 Å². The van der Waals surface area contributed by atoms with Crippen LogP contribution in [-0.4, -0.2) is 26.9 Å². The summed E-state index contributed by atoms with van der Waals surface area (Å²) in [7, 11) is 1.65. The molecule has 8 heteroatoms. The number of amides is 1. The Balaban J connectivity index is 2.06. The molecule has 3 aromatic rings. The van der Waals surface area contributed by atoms with E-state index in [9.17, 15) is 9.59 Å². The van der Waals surface area contributed by atoms with Crippen LogP contribution in [-0.2, 0) is 7.05 Å². The van der Waals surface area contributed by atoms with E-state index in [1.807, 2.05) is 13.8 Å². The lowest BCUT2D eigenvalue weighted by Crippen LogP contribution is -2.37. The Bertz CT molecular complexity index is 1130. The second kappa shape index (κ2) is 8.11. The summed E-state index contributed by atoms with van der Waals surface area (Å²) in [6, 6.07) is 9.25. The highest BCUT2D eigenvalue weighted by atomic mass is 35.5. The fourth-order valence-electron chi connectivity index (χ4n) is 3.16. The second-order valence-corrected chi connectivity index (χ2v) is 7.64. The standard InChI is InChI=1S/C20H18Cl3N3O2/c1-4-26(19(27)12-5-8-15(22)16(23)9-12)11(2)18-24-17-10-13(21)6-7-14(17)20(28)25(18)3/h5-11H,4H2,1-3H3. The molecule has 1 aromatic heterocycles. The quantitative estimate of drug-likeness (QED) is 0.568. The number of hydrogen-bond acceptors (Lipinski definition) is 3. The first-order valence-electron chi connectivity index (χ1n) is 8.66. The second-order valence-electron chi connectivity index (χ2n) is 6.39. The highest BCUT2D eigenvalue weighted by Gasteiger charge is 2.25. The highest BCUT2D eigenvalue weighted by molar-refractivity contribution is 6.42. The minimum atomic E-state index is -0.451. The largest absolute Gasteiger partial charge is 0.329 e. The molecule has 5 nitrogen and oxygen atoms in total. The SMILES string of the molecule is CCN(C(=O)c1ccc(Cl)c(Cl)c1)C(C)c1nc2cc(Cl)ccc2c(=O)n1C. The number of nitrogens with zero attached hydrogens (tertiary/aromatic N) is 3. The lowest BCUT2D eigenvalue weighted by atomic mass is 10.1.